The number of aromatic nitrogens is 2. The second-order valence-electron chi connectivity index (χ2n) is 3.42. The summed E-state index contributed by atoms with van der Waals surface area (Å²) in [5.41, 5.74) is 0.753. The second-order valence-corrected chi connectivity index (χ2v) is 3.42. The third-order valence-corrected chi connectivity index (χ3v) is 2.10. The van der Waals surface area contributed by atoms with E-state index in [1.807, 2.05) is 6.07 Å². The van der Waals surface area contributed by atoms with Gasteiger partial charge in [-0.15, -0.1) is 0 Å². The predicted octanol–water partition coefficient (Wildman–Crippen LogP) is 0.595. The third kappa shape index (κ3) is 2.44. The van der Waals surface area contributed by atoms with Gasteiger partial charge in [-0.1, -0.05) is 0 Å². The number of amides is 1. The van der Waals surface area contributed by atoms with Crippen LogP contribution in [-0.2, 0) is 4.79 Å². The lowest BCUT2D eigenvalue weighted by Crippen LogP contribution is -2.26. The zero-order valence-corrected chi connectivity index (χ0v) is 8.03. The van der Waals surface area contributed by atoms with Crippen LogP contribution in [0.5, 0.6) is 0 Å². The maximum Gasteiger partial charge on any atom is 0.262 e. The van der Waals surface area contributed by atoms with Crippen molar-refractivity contribution in [1.29, 1.82) is 5.26 Å². The quantitative estimate of drug-likeness (QED) is 0.556. The lowest BCUT2D eigenvalue weighted by molar-refractivity contribution is -0.117. The van der Waals surface area contributed by atoms with Crippen molar-refractivity contribution < 1.29 is 4.79 Å². The zero-order valence-electron chi connectivity index (χ0n) is 8.03. The largest absolute Gasteiger partial charge is 0.349 e. The van der Waals surface area contributed by atoms with Gasteiger partial charge < -0.3 is 10.3 Å². The van der Waals surface area contributed by atoms with Crippen LogP contribution in [0.1, 0.15) is 18.5 Å². The van der Waals surface area contributed by atoms with Crippen LogP contribution in [0.4, 0.5) is 0 Å². The molecule has 1 saturated carbocycles. The van der Waals surface area contributed by atoms with Crippen molar-refractivity contribution in [3.8, 4) is 6.07 Å². The van der Waals surface area contributed by atoms with Crippen LogP contribution in [0.3, 0.4) is 0 Å². The molecule has 1 aliphatic rings. The Balaban J connectivity index is 2.09. The van der Waals surface area contributed by atoms with E-state index in [4.69, 9.17) is 5.26 Å². The molecule has 5 nitrogen and oxygen atoms in total. The molecule has 76 valence electrons. The number of nitrogens with one attached hydrogen (secondary N) is 2. The van der Waals surface area contributed by atoms with Gasteiger partial charge in [0, 0.05) is 6.04 Å². The number of hydrogen-bond acceptors (Lipinski definition) is 3. The molecular weight excluding hydrogens is 192 g/mol. The van der Waals surface area contributed by atoms with Crippen molar-refractivity contribution in [2.24, 2.45) is 0 Å². The fraction of sp³-hybridized carbons (Fsp3) is 0.300. The van der Waals surface area contributed by atoms with Gasteiger partial charge in [0.2, 0.25) is 0 Å². The average Bonchev–Trinajstić information content (AvgIpc) is 2.89. The summed E-state index contributed by atoms with van der Waals surface area (Å²) < 4.78 is 0. The number of nitrogens with zero attached hydrogens (tertiary/aromatic N) is 2. The van der Waals surface area contributed by atoms with Crippen LogP contribution in [-0.4, -0.2) is 21.9 Å². The first-order chi connectivity index (χ1) is 7.29. The van der Waals surface area contributed by atoms with E-state index in [2.05, 4.69) is 15.3 Å². The normalized spacial score (nSPS) is 15.8. The first-order valence-corrected chi connectivity index (χ1v) is 4.70. The van der Waals surface area contributed by atoms with Crippen molar-refractivity contribution in [2.75, 3.05) is 0 Å². The summed E-state index contributed by atoms with van der Waals surface area (Å²) in [5, 5.41) is 11.6. The molecule has 0 spiro atoms. The molecule has 2 rings (SSSR count). The highest BCUT2D eigenvalue weighted by Crippen LogP contribution is 2.19. The van der Waals surface area contributed by atoms with Gasteiger partial charge in [0.1, 0.15) is 11.6 Å². The molecule has 0 saturated heterocycles. The van der Waals surface area contributed by atoms with Crippen LogP contribution in [0.25, 0.3) is 6.08 Å². The lowest BCUT2D eigenvalue weighted by atomic mass is 10.2. The highest BCUT2D eigenvalue weighted by Gasteiger charge is 2.24. The topological polar surface area (TPSA) is 81.6 Å². The molecule has 0 atom stereocenters. The summed E-state index contributed by atoms with van der Waals surface area (Å²) >= 11 is 0. The molecule has 0 aromatic carbocycles. The highest BCUT2D eigenvalue weighted by atomic mass is 16.1. The Morgan fingerprint density at radius 2 is 2.53 bits per heavy atom. The third-order valence-electron chi connectivity index (χ3n) is 2.10. The molecular formula is C10H10N4O. The standard InChI is InChI=1S/C10H10N4O/c11-4-7(3-9-5-12-6-13-9)10(15)14-8-1-2-8/h3,5-6,8H,1-2H2,(H,12,13)(H,14,15)/b7-3+. The monoisotopic (exact) mass is 202 g/mol. The Bertz CT molecular complexity index is 423. The van der Waals surface area contributed by atoms with Crippen LogP contribution < -0.4 is 5.32 Å². The van der Waals surface area contributed by atoms with Gasteiger partial charge in [-0.2, -0.15) is 5.26 Å². The molecule has 5 heteroatoms. The Morgan fingerprint density at radius 3 is 3.07 bits per heavy atom. The van der Waals surface area contributed by atoms with Crippen molar-refractivity contribution in [3.63, 3.8) is 0 Å². The Hall–Kier alpha value is -2.09. The van der Waals surface area contributed by atoms with E-state index in [0.717, 1.165) is 12.8 Å². The summed E-state index contributed by atoms with van der Waals surface area (Å²) in [6.45, 7) is 0. The molecule has 0 aliphatic heterocycles. The van der Waals surface area contributed by atoms with E-state index in [1.54, 1.807) is 6.20 Å². The Morgan fingerprint density at radius 1 is 1.73 bits per heavy atom. The van der Waals surface area contributed by atoms with Crippen molar-refractivity contribution in [3.05, 3.63) is 23.8 Å². The first-order valence-electron chi connectivity index (χ1n) is 4.70. The van der Waals surface area contributed by atoms with E-state index in [1.165, 1.54) is 12.4 Å². The minimum atomic E-state index is -0.311. The SMILES string of the molecule is N#C/C(=C\c1cnc[nH]1)C(=O)NC1CC1. The number of nitriles is 1. The van der Waals surface area contributed by atoms with Gasteiger partial charge >= 0.3 is 0 Å². The van der Waals surface area contributed by atoms with Gasteiger partial charge in [-0.05, 0) is 18.9 Å². The number of rotatable bonds is 3. The van der Waals surface area contributed by atoms with E-state index in [-0.39, 0.29) is 17.5 Å². The number of imidazole rings is 1. The predicted molar refractivity (Wildman–Crippen MR) is 53.3 cm³/mol. The van der Waals surface area contributed by atoms with Gasteiger partial charge in [-0.3, -0.25) is 4.79 Å². The maximum atomic E-state index is 11.5. The molecule has 1 heterocycles. The van der Waals surface area contributed by atoms with Gasteiger partial charge in [0.25, 0.3) is 5.91 Å². The molecule has 2 N–H and O–H groups in total. The maximum absolute atomic E-state index is 11.5. The number of hydrogen-bond donors (Lipinski definition) is 2. The lowest BCUT2D eigenvalue weighted by Gasteiger charge is -1.99. The molecule has 15 heavy (non-hydrogen) atoms. The molecule has 0 bridgehead atoms. The fourth-order valence-electron chi connectivity index (χ4n) is 1.14. The van der Waals surface area contributed by atoms with Crippen LogP contribution >= 0.6 is 0 Å². The van der Waals surface area contributed by atoms with E-state index in [9.17, 15) is 4.79 Å². The summed E-state index contributed by atoms with van der Waals surface area (Å²) in [7, 11) is 0. The smallest absolute Gasteiger partial charge is 0.262 e. The van der Waals surface area contributed by atoms with E-state index < -0.39 is 0 Å². The molecule has 0 unspecified atom stereocenters. The van der Waals surface area contributed by atoms with E-state index >= 15 is 0 Å². The molecule has 0 radical (unpaired) electrons. The molecule has 1 aliphatic carbocycles. The van der Waals surface area contributed by atoms with Gasteiger partial charge in [0.15, 0.2) is 0 Å². The Kier molecular flexibility index (Phi) is 2.50. The summed E-state index contributed by atoms with van der Waals surface area (Å²) in [6, 6.07) is 2.13. The van der Waals surface area contributed by atoms with Crippen LogP contribution in [0.15, 0.2) is 18.1 Å². The zero-order chi connectivity index (χ0) is 10.7. The number of H-pyrrole nitrogens is 1. The van der Waals surface area contributed by atoms with Crippen molar-refractivity contribution >= 4 is 12.0 Å². The number of aromatic amines is 1. The van der Waals surface area contributed by atoms with Gasteiger partial charge in [0.05, 0.1) is 18.2 Å². The number of carbonyl (C=O) groups is 1. The summed E-state index contributed by atoms with van der Waals surface area (Å²) in [6.07, 6.45) is 6.56. The Labute approximate surface area is 86.8 Å². The van der Waals surface area contributed by atoms with Crippen molar-refractivity contribution in [2.45, 2.75) is 18.9 Å². The van der Waals surface area contributed by atoms with Gasteiger partial charge in [-0.25, -0.2) is 4.98 Å². The van der Waals surface area contributed by atoms with Crippen molar-refractivity contribution in [1.82, 2.24) is 15.3 Å². The van der Waals surface area contributed by atoms with Crippen LogP contribution in [0.2, 0.25) is 0 Å². The molecule has 1 amide bonds. The average molecular weight is 202 g/mol. The summed E-state index contributed by atoms with van der Waals surface area (Å²) in [4.78, 5) is 18.1. The highest BCUT2D eigenvalue weighted by molar-refractivity contribution is 6.01. The van der Waals surface area contributed by atoms with E-state index in [0.29, 0.717) is 5.69 Å². The minimum absolute atomic E-state index is 0.103. The molecule has 1 fully saturated rings. The summed E-state index contributed by atoms with van der Waals surface area (Å²) in [5.74, 6) is -0.311. The molecule has 1 aromatic rings. The minimum Gasteiger partial charge on any atom is -0.349 e. The second kappa shape index (κ2) is 3.96. The first kappa shape index (κ1) is 9.46. The number of carbonyl (C=O) groups excluding carboxylic acids is 1. The van der Waals surface area contributed by atoms with Crippen LogP contribution in [0, 0.1) is 11.3 Å². The molecule has 1 aromatic heterocycles. The fourth-order valence-corrected chi connectivity index (χ4v) is 1.14.